The topological polar surface area (TPSA) is 15.4 Å². The van der Waals surface area contributed by atoms with Crippen molar-refractivity contribution in [2.24, 2.45) is 5.10 Å². The van der Waals surface area contributed by atoms with Gasteiger partial charge < -0.3 is 0 Å². The Hall–Kier alpha value is -1.29. The summed E-state index contributed by atoms with van der Waals surface area (Å²) in [6.07, 6.45) is 0. The molecular weight excluding hydrogens is 259 g/mol. The van der Waals surface area contributed by atoms with Gasteiger partial charge in [-0.1, -0.05) is 27.2 Å². The molecule has 0 saturated heterocycles. The van der Waals surface area contributed by atoms with Crippen LogP contribution < -0.4 is 10.6 Å². The SMILES string of the molecule is C=C(C)C1=c2cc(Br)cc(F)c2=N[N+]1=C. The predicted octanol–water partition coefficient (Wildman–Crippen LogP) is 1.53. The van der Waals surface area contributed by atoms with Gasteiger partial charge >= 0.3 is 0 Å². The number of nitrogens with zero attached hydrogens (tertiary/aromatic N) is 2. The van der Waals surface area contributed by atoms with Crippen molar-refractivity contribution in [3.8, 4) is 0 Å². The molecule has 1 aromatic rings. The Balaban J connectivity index is 2.99. The Kier molecular flexibility index (Phi) is 2.31. The zero-order valence-corrected chi connectivity index (χ0v) is 9.81. The van der Waals surface area contributed by atoms with Crippen molar-refractivity contribution in [3.63, 3.8) is 0 Å². The first kappa shape index (κ1) is 10.2. The van der Waals surface area contributed by atoms with Crippen molar-refractivity contribution in [2.75, 3.05) is 0 Å². The van der Waals surface area contributed by atoms with Gasteiger partial charge in [0.1, 0.15) is 0 Å². The molecule has 0 amide bonds. The number of benzene rings is 1. The first-order chi connectivity index (χ1) is 7.00. The lowest BCUT2D eigenvalue weighted by atomic mass is 10.1. The number of hydrogen-bond donors (Lipinski definition) is 0. The summed E-state index contributed by atoms with van der Waals surface area (Å²) < 4.78 is 15.6. The third kappa shape index (κ3) is 1.55. The molecule has 2 nitrogen and oxygen atoms in total. The number of fused-ring (bicyclic) bond motifs is 1. The average molecular weight is 268 g/mol. The van der Waals surface area contributed by atoms with Gasteiger partial charge in [0.25, 0.3) is 0 Å². The van der Waals surface area contributed by atoms with Crippen LogP contribution in [-0.4, -0.2) is 11.4 Å². The van der Waals surface area contributed by atoms with E-state index in [2.05, 4.69) is 34.3 Å². The fourth-order valence-corrected chi connectivity index (χ4v) is 2.04. The van der Waals surface area contributed by atoms with Crippen LogP contribution in [0.25, 0.3) is 5.70 Å². The Labute approximate surface area is 94.9 Å². The lowest BCUT2D eigenvalue weighted by Crippen LogP contribution is -2.26. The minimum Gasteiger partial charge on any atom is -0.204 e. The highest BCUT2D eigenvalue weighted by Gasteiger charge is 2.22. The molecule has 1 aromatic carbocycles. The molecule has 1 heterocycles. The summed E-state index contributed by atoms with van der Waals surface area (Å²) in [4.78, 5) is 0. The molecule has 0 spiro atoms. The summed E-state index contributed by atoms with van der Waals surface area (Å²) in [6, 6.07) is 3.20. The molecule has 4 heteroatoms. The van der Waals surface area contributed by atoms with E-state index in [4.69, 9.17) is 0 Å². The lowest BCUT2D eigenvalue weighted by molar-refractivity contribution is -0.428. The van der Waals surface area contributed by atoms with Gasteiger partial charge in [0.2, 0.25) is 5.70 Å². The molecule has 1 aliphatic heterocycles. The molecule has 0 bridgehead atoms. The van der Waals surface area contributed by atoms with Crippen LogP contribution in [0.5, 0.6) is 0 Å². The van der Waals surface area contributed by atoms with Gasteiger partial charge in [-0.05, 0) is 19.1 Å². The van der Waals surface area contributed by atoms with Crippen LogP contribution in [-0.2, 0) is 0 Å². The predicted molar refractivity (Wildman–Crippen MR) is 60.5 cm³/mol. The molecule has 0 unspecified atom stereocenters. The first-order valence-corrected chi connectivity index (χ1v) is 5.14. The largest absolute Gasteiger partial charge is 0.249 e. The normalized spacial score (nSPS) is 13.8. The van der Waals surface area contributed by atoms with Crippen LogP contribution in [0, 0.1) is 5.82 Å². The summed E-state index contributed by atoms with van der Waals surface area (Å²) in [5.41, 5.74) is 1.57. The fraction of sp³-hybridized carbons (Fsp3) is 0.0909. The van der Waals surface area contributed by atoms with Gasteiger partial charge in [-0.15, -0.1) is 0 Å². The summed E-state index contributed by atoms with van der Waals surface area (Å²) in [5.74, 6) is -0.357. The zero-order chi connectivity index (χ0) is 11.2. The van der Waals surface area contributed by atoms with E-state index in [1.54, 1.807) is 0 Å². The van der Waals surface area contributed by atoms with E-state index in [1.165, 1.54) is 10.8 Å². The Bertz CT molecular complexity index is 602. The van der Waals surface area contributed by atoms with Crippen molar-refractivity contribution in [1.82, 2.24) is 0 Å². The maximum Gasteiger partial charge on any atom is 0.249 e. The molecule has 0 radical (unpaired) electrons. The minimum atomic E-state index is -0.357. The fourth-order valence-electron chi connectivity index (χ4n) is 1.61. The second-order valence-electron chi connectivity index (χ2n) is 3.41. The third-order valence-corrected chi connectivity index (χ3v) is 2.62. The number of rotatable bonds is 1. The molecule has 0 N–H and O–H groups in total. The van der Waals surface area contributed by atoms with Crippen molar-refractivity contribution in [2.45, 2.75) is 6.92 Å². The molecule has 0 aliphatic carbocycles. The quantitative estimate of drug-likeness (QED) is 0.686. The van der Waals surface area contributed by atoms with E-state index in [1.807, 2.05) is 13.0 Å². The summed E-state index contributed by atoms with van der Waals surface area (Å²) in [6.45, 7) is 9.39. The summed E-state index contributed by atoms with van der Waals surface area (Å²) >= 11 is 3.25. The zero-order valence-electron chi connectivity index (χ0n) is 8.22. The van der Waals surface area contributed by atoms with Gasteiger partial charge in [-0.2, -0.15) is 0 Å². The van der Waals surface area contributed by atoms with E-state index in [0.29, 0.717) is 9.83 Å². The van der Waals surface area contributed by atoms with E-state index in [9.17, 15) is 4.39 Å². The van der Waals surface area contributed by atoms with E-state index in [-0.39, 0.29) is 5.82 Å². The first-order valence-electron chi connectivity index (χ1n) is 4.35. The molecule has 15 heavy (non-hydrogen) atoms. The monoisotopic (exact) mass is 267 g/mol. The molecule has 0 fully saturated rings. The second kappa shape index (κ2) is 3.38. The summed E-state index contributed by atoms with van der Waals surface area (Å²) in [7, 11) is 0. The Morgan fingerprint density at radius 1 is 1.53 bits per heavy atom. The van der Waals surface area contributed by atoms with Gasteiger partial charge in [0.15, 0.2) is 17.9 Å². The van der Waals surface area contributed by atoms with Crippen LogP contribution in [0.3, 0.4) is 0 Å². The third-order valence-electron chi connectivity index (χ3n) is 2.17. The van der Waals surface area contributed by atoms with Crippen molar-refractivity contribution >= 4 is 28.3 Å². The standard InChI is InChI=1S/C11H9BrFN2/c1-6(2)11-8-4-7(12)5-9(13)10(8)14-15(11)3/h4-5H,1,3H2,2H3/q+1. The lowest BCUT2D eigenvalue weighted by Gasteiger charge is -1.92. The smallest absolute Gasteiger partial charge is 0.204 e. The number of hydrogen-bond acceptors (Lipinski definition) is 1. The molecule has 0 saturated carbocycles. The molecule has 2 rings (SSSR count). The Morgan fingerprint density at radius 3 is 2.80 bits per heavy atom. The van der Waals surface area contributed by atoms with Crippen LogP contribution >= 0.6 is 15.9 Å². The van der Waals surface area contributed by atoms with Crippen molar-refractivity contribution < 1.29 is 9.07 Å². The average Bonchev–Trinajstić information content (AvgIpc) is 2.41. The van der Waals surface area contributed by atoms with Gasteiger partial charge in [-0.25, -0.2) is 4.39 Å². The van der Waals surface area contributed by atoms with Crippen LogP contribution in [0.2, 0.25) is 0 Å². The van der Waals surface area contributed by atoms with Crippen LogP contribution in [0.1, 0.15) is 6.92 Å². The Morgan fingerprint density at radius 2 is 2.20 bits per heavy atom. The van der Waals surface area contributed by atoms with E-state index < -0.39 is 0 Å². The molecule has 1 aliphatic rings. The highest BCUT2D eigenvalue weighted by atomic mass is 79.9. The second-order valence-corrected chi connectivity index (χ2v) is 4.33. The van der Waals surface area contributed by atoms with Crippen molar-refractivity contribution in [1.29, 1.82) is 0 Å². The summed E-state index contributed by atoms with van der Waals surface area (Å²) in [5, 5.41) is 5.08. The highest BCUT2D eigenvalue weighted by Crippen LogP contribution is 2.12. The molecular formula is C11H9BrFN2+. The molecule has 0 atom stereocenters. The van der Waals surface area contributed by atoms with Crippen LogP contribution in [0.4, 0.5) is 4.39 Å². The highest BCUT2D eigenvalue weighted by molar-refractivity contribution is 9.10. The number of halogens is 2. The van der Waals surface area contributed by atoms with Crippen molar-refractivity contribution in [3.05, 3.63) is 45.2 Å². The molecule has 0 aromatic heterocycles. The van der Waals surface area contributed by atoms with E-state index >= 15 is 0 Å². The minimum absolute atomic E-state index is 0.325. The van der Waals surface area contributed by atoms with Gasteiger partial charge in [0, 0.05) is 15.1 Å². The van der Waals surface area contributed by atoms with Gasteiger partial charge in [0.05, 0.1) is 5.22 Å². The van der Waals surface area contributed by atoms with Crippen LogP contribution in [0.15, 0.2) is 33.9 Å². The van der Waals surface area contributed by atoms with Gasteiger partial charge in [-0.3, -0.25) is 0 Å². The maximum atomic E-state index is 13.5. The maximum absolute atomic E-state index is 13.5. The van der Waals surface area contributed by atoms with E-state index in [0.717, 1.165) is 16.5 Å². The molecule has 76 valence electrons.